The summed E-state index contributed by atoms with van der Waals surface area (Å²) in [5, 5.41) is 3.01. The average molecular weight is 365 g/mol. The summed E-state index contributed by atoms with van der Waals surface area (Å²) in [4.78, 5) is 12.5. The topological polar surface area (TPSA) is 66.5 Å². The zero-order valence-corrected chi connectivity index (χ0v) is 15.9. The first-order valence-corrected chi connectivity index (χ1v) is 10.7. The van der Waals surface area contributed by atoms with Gasteiger partial charge < -0.3 is 5.32 Å². The summed E-state index contributed by atoms with van der Waals surface area (Å²) in [6.07, 6.45) is 3.62. The third-order valence-electron chi connectivity index (χ3n) is 5.27. The maximum absolute atomic E-state index is 12.8. The Morgan fingerprint density at radius 1 is 1.12 bits per heavy atom. The molecule has 3 rings (SSSR count). The van der Waals surface area contributed by atoms with Gasteiger partial charge in [-0.2, -0.15) is 4.31 Å². The highest BCUT2D eigenvalue weighted by Crippen LogP contribution is 2.28. The molecule has 1 aliphatic carbocycles. The molecule has 0 spiro atoms. The minimum atomic E-state index is -3.47. The molecule has 0 radical (unpaired) electrons. The third kappa shape index (κ3) is 4.42. The van der Waals surface area contributed by atoms with Crippen molar-refractivity contribution in [1.29, 1.82) is 0 Å². The van der Waals surface area contributed by atoms with Crippen molar-refractivity contribution in [3.8, 4) is 0 Å². The Bertz CT molecular complexity index is 701. The Morgan fingerprint density at radius 2 is 1.72 bits per heavy atom. The Labute approximate surface area is 150 Å². The highest BCUT2D eigenvalue weighted by Gasteiger charge is 2.32. The standard InChI is InChI=1S/C19H28N2O3S/c1-14(2)16-5-7-18(8-6-16)25(23,24)21-11-9-17(10-12-21)19(22)20-13-15-3-4-15/h5-8,14-15,17H,3-4,9-13H2,1-2H3,(H,20,22). The van der Waals surface area contributed by atoms with E-state index in [-0.39, 0.29) is 11.8 Å². The van der Waals surface area contributed by atoms with Gasteiger partial charge in [-0.25, -0.2) is 8.42 Å². The molecule has 2 fully saturated rings. The van der Waals surface area contributed by atoms with Gasteiger partial charge >= 0.3 is 0 Å². The van der Waals surface area contributed by atoms with E-state index in [9.17, 15) is 13.2 Å². The zero-order valence-electron chi connectivity index (χ0n) is 15.1. The smallest absolute Gasteiger partial charge is 0.243 e. The molecule has 1 saturated heterocycles. The van der Waals surface area contributed by atoms with E-state index in [4.69, 9.17) is 0 Å². The maximum Gasteiger partial charge on any atom is 0.243 e. The highest BCUT2D eigenvalue weighted by atomic mass is 32.2. The number of hydrogen-bond donors (Lipinski definition) is 1. The minimum absolute atomic E-state index is 0.0616. The van der Waals surface area contributed by atoms with Gasteiger partial charge in [0.15, 0.2) is 0 Å². The number of nitrogens with zero attached hydrogens (tertiary/aromatic N) is 1. The summed E-state index contributed by atoms with van der Waals surface area (Å²) in [6, 6.07) is 7.16. The monoisotopic (exact) mass is 364 g/mol. The van der Waals surface area contributed by atoms with Crippen LogP contribution in [0.1, 0.15) is 51.0 Å². The molecule has 0 aromatic heterocycles. The molecule has 1 N–H and O–H groups in total. The second-order valence-electron chi connectivity index (χ2n) is 7.59. The van der Waals surface area contributed by atoms with E-state index in [2.05, 4.69) is 19.2 Å². The number of amides is 1. The fourth-order valence-electron chi connectivity index (χ4n) is 3.24. The van der Waals surface area contributed by atoms with Crippen molar-refractivity contribution < 1.29 is 13.2 Å². The molecule has 138 valence electrons. The lowest BCUT2D eigenvalue weighted by atomic mass is 9.97. The fourth-order valence-corrected chi connectivity index (χ4v) is 4.71. The minimum Gasteiger partial charge on any atom is -0.356 e. The van der Waals surface area contributed by atoms with Crippen LogP contribution in [0.25, 0.3) is 0 Å². The molecule has 1 saturated carbocycles. The molecule has 0 atom stereocenters. The largest absolute Gasteiger partial charge is 0.356 e. The van der Waals surface area contributed by atoms with E-state index in [0.29, 0.717) is 42.7 Å². The molecule has 25 heavy (non-hydrogen) atoms. The Balaban J connectivity index is 1.57. The molecule has 2 aliphatic rings. The van der Waals surface area contributed by atoms with Gasteiger partial charge in [0.1, 0.15) is 0 Å². The Morgan fingerprint density at radius 3 is 2.24 bits per heavy atom. The SMILES string of the molecule is CC(C)c1ccc(S(=O)(=O)N2CCC(C(=O)NCC3CC3)CC2)cc1. The first-order valence-electron chi connectivity index (χ1n) is 9.25. The van der Waals surface area contributed by atoms with Crippen LogP contribution in [-0.2, 0) is 14.8 Å². The summed E-state index contributed by atoms with van der Waals surface area (Å²) in [5.41, 5.74) is 1.13. The second-order valence-corrected chi connectivity index (χ2v) is 9.53. The van der Waals surface area contributed by atoms with Crippen molar-refractivity contribution in [2.75, 3.05) is 19.6 Å². The van der Waals surface area contributed by atoms with Crippen LogP contribution in [0.3, 0.4) is 0 Å². The number of piperidine rings is 1. The van der Waals surface area contributed by atoms with Crippen molar-refractivity contribution in [2.45, 2.75) is 50.3 Å². The lowest BCUT2D eigenvalue weighted by Crippen LogP contribution is -2.43. The summed E-state index contributed by atoms with van der Waals surface area (Å²) >= 11 is 0. The normalized spacial score (nSPS) is 20.0. The maximum atomic E-state index is 12.8. The van der Waals surface area contributed by atoms with E-state index in [1.165, 1.54) is 17.1 Å². The number of nitrogens with one attached hydrogen (secondary N) is 1. The van der Waals surface area contributed by atoms with Gasteiger partial charge in [-0.3, -0.25) is 4.79 Å². The number of carbonyl (C=O) groups is 1. The van der Waals surface area contributed by atoms with Crippen LogP contribution in [0.15, 0.2) is 29.2 Å². The number of sulfonamides is 1. The lowest BCUT2D eigenvalue weighted by molar-refractivity contribution is -0.126. The van der Waals surface area contributed by atoms with Crippen LogP contribution in [-0.4, -0.2) is 38.3 Å². The van der Waals surface area contributed by atoms with Gasteiger partial charge in [0.25, 0.3) is 0 Å². The summed E-state index contributed by atoms with van der Waals surface area (Å²) in [7, 11) is -3.47. The second kappa shape index (κ2) is 7.46. The van der Waals surface area contributed by atoms with Gasteiger partial charge in [-0.15, -0.1) is 0 Å². The number of carbonyl (C=O) groups excluding carboxylic acids is 1. The van der Waals surface area contributed by atoms with Crippen LogP contribution in [0.2, 0.25) is 0 Å². The molecule has 6 heteroatoms. The van der Waals surface area contributed by atoms with E-state index < -0.39 is 10.0 Å². The first-order chi connectivity index (χ1) is 11.9. The predicted molar refractivity (Wildman–Crippen MR) is 97.7 cm³/mol. The molecule has 0 bridgehead atoms. The van der Waals surface area contributed by atoms with Crippen LogP contribution in [0, 0.1) is 11.8 Å². The molecule has 1 heterocycles. The van der Waals surface area contributed by atoms with Crippen molar-refractivity contribution in [3.05, 3.63) is 29.8 Å². The van der Waals surface area contributed by atoms with Crippen LogP contribution >= 0.6 is 0 Å². The average Bonchev–Trinajstić information content (AvgIpc) is 3.44. The van der Waals surface area contributed by atoms with E-state index in [1.807, 2.05) is 12.1 Å². The molecule has 1 aliphatic heterocycles. The lowest BCUT2D eigenvalue weighted by Gasteiger charge is -2.30. The van der Waals surface area contributed by atoms with E-state index >= 15 is 0 Å². The van der Waals surface area contributed by atoms with Crippen molar-refractivity contribution in [2.24, 2.45) is 11.8 Å². The van der Waals surface area contributed by atoms with Gasteiger partial charge in [-0.05, 0) is 55.2 Å². The summed E-state index contributed by atoms with van der Waals surface area (Å²) in [6.45, 7) is 5.77. The van der Waals surface area contributed by atoms with Gasteiger partial charge in [0.05, 0.1) is 4.90 Å². The van der Waals surface area contributed by atoms with E-state index in [1.54, 1.807) is 12.1 Å². The fraction of sp³-hybridized carbons (Fsp3) is 0.632. The molecule has 1 aromatic rings. The van der Waals surface area contributed by atoms with E-state index in [0.717, 1.165) is 12.1 Å². The summed E-state index contributed by atoms with van der Waals surface area (Å²) < 4.78 is 27.1. The molecule has 0 unspecified atom stereocenters. The third-order valence-corrected chi connectivity index (χ3v) is 7.18. The van der Waals surface area contributed by atoms with Gasteiger partial charge in [0, 0.05) is 25.6 Å². The Kier molecular flexibility index (Phi) is 5.49. The predicted octanol–water partition coefficient (Wildman–Crippen LogP) is 2.74. The number of benzene rings is 1. The molecule has 1 amide bonds. The van der Waals surface area contributed by atoms with Gasteiger partial charge in [-0.1, -0.05) is 26.0 Å². The van der Waals surface area contributed by atoms with Crippen LogP contribution < -0.4 is 5.32 Å². The molecular weight excluding hydrogens is 336 g/mol. The molecular formula is C19H28N2O3S. The van der Waals surface area contributed by atoms with Crippen LogP contribution in [0.4, 0.5) is 0 Å². The first kappa shape index (κ1) is 18.4. The number of hydrogen-bond acceptors (Lipinski definition) is 3. The van der Waals surface area contributed by atoms with Crippen molar-refractivity contribution in [3.63, 3.8) is 0 Å². The molecule has 5 nitrogen and oxygen atoms in total. The van der Waals surface area contributed by atoms with Gasteiger partial charge in [0.2, 0.25) is 15.9 Å². The van der Waals surface area contributed by atoms with Crippen LogP contribution in [0.5, 0.6) is 0 Å². The zero-order chi connectivity index (χ0) is 18.0. The van der Waals surface area contributed by atoms with Crippen molar-refractivity contribution in [1.82, 2.24) is 9.62 Å². The van der Waals surface area contributed by atoms with Crippen molar-refractivity contribution >= 4 is 15.9 Å². The summed E-state index contributed by atoms with van der Waals surface area (Å²) in [5.74, 6) is 1.07. The Hall–Kier alpha value is -1.40. The highest BCUT2D eigenvalue weighted by molar-refractivity contribution is 7.89. The molecule has 1 aromatic carbocycles. The quantitative estimate of drug-likeness (QED) is 0.844. The number of rotatable bonds is 6.